The van der Waals surface area contributed by atoms with Gasteiger partial charge >= 0.3 is 0 Å². The van der Waals surface area contributed by atoms with Crippen LogP contribution < -0.4 is 10.6 Å². The second kappa shape index (κ2) is 6.10. The molecule has 0 spiro atoms. The summed E-state index contributed by atoms with van der Waals surface area (Å²) in [6, 6.07) is 12.3. The van der Waals surface area contributed by atoms with Gasteiger partial charge in [0.05, 0.1) is 0 Å². The van der Waals surface area contributed by atoms with Crippen molar-refractivity contribution >= 4 is 17.3 Å². The van der Waals surface area contributed by atoms with Crippen molar-refractivity contribution < 1.29 is 0 Å². The molecular weight excluding hydrogens is 266 g/mol. The van der Waals surface area contributed by atoms with E-state index in [1.807, 2.05) is 0 Å². The van der Waals surface area contributed by atoms with E-state index in [-0.39, 0.29) is 0 Å². The number of nitrogens with zero attached hydrogens (tertiary/aromatic N) is 1. The minimum absolute atomic E-state index is 0.480. The van der Waals surface area contributed by atoms with E-state index in [4.69, 9.17) is 12.2 Å². The molecule has 0 radical (unpaired) electrons. The fourth-order valence-electron chi connectivity index (χ4n) is 2.84. The lowest BCUT2D eigenvalue weighted by molar-refractivity contribution is 0.258. The Bertz CT molecular complexity index is 458. The standard InChI is InChI=1S/C16H23N3S/c1-12(13-5-3-2-4-6-13)19-10-9-15(11-19)18-16(20)17-14-7-8-14/h2-6,12,14-15H,7-11H2,1H3,(H2,17,18,20)/t12-,15-/m1/s1. The first kappa shape index (κ1) is 13.8. The van der Waals surface area contributed by atoms with Crippen LogP contribution in [0.5, 0.6) is 0 Å². The van der Waals surface area contributed by atoms with Gasteiger partial charge in [-0.2, -0.15) is 0 Å². The van der Waals surface area contributed by atoms with Crippen LogP contribution in [0.25, 0.3) is 0 Å². The van der Waals surface area contributed by atoms with Crippen LogP contribution in [-0.4, -0.2) is 35.2 Å². The molecular formula is C16H23N3S. The number of nitrogens with one attached hydrogen (secondary N) is 2. The van der Waals surface area contributed by atoms with E-state index in [1.165, 1.54) is 24.8 Å². The quantitative estimate of drug-likeness (QED) is 0.833. The fraction of sp³-hybridized carbons (Fsp3) is 0.562. The molecule has 3 nitrogen and oxygen atoms in total. The molecule has 108 valence electrons. The van der Waals surface area contributed by atoms with Crippen LogP contribution >= 0.6 is 12.2 Å². The third kappa shape index (κ3) is 3.49. The summed E-state index contributed by atoms with van der Waals surface area (Å²) in [4.78, 5) is 2.53. The largest absolute Gasteiger partial charge is 0.360 e. The number of benzene rings is 1. The minimum atomic E-state index is 0.480. The lowest BCUT2D eigenvalue weighted by Gasteiger charge is -2.25. The van der Waals surface area contributed by atoms with E-state index in [2.05, 4.69) is 52.8 Å². The van der Waals surface area contributed by atoms with Gasteiger partial charge in [0.25, 0.3) is 0 Å². The van der Waals surface area contributed by atoms with Crippen molar-refractivity contribution in [2.45, 2.75) is 44.3 Å². The van der Waals surface area contributed by atoms with Crippen molar-refractivity contribution in [3.8, 4) is 0 Å². The Balaban J connectivity index is 1.49. The smallest absolute Gasteiger partial charge is 0.166 e. The van der Waals surface area contributed by atoms with Crippen molar-refractivity contribution in [2.24, 2.45) is 0 Å². The number of likely N-dealkylation sites (tertiary alicyclic amines) is 1. The zero-order chi connectivity index (χ0) is 13.9. The first-order valence-corrected chi connectivity index (χ1v) is 7.99. The van der Waals surface area contributed by atoms with E-state index in [0.717, 1.165) is 18.2 Å². The second-order valence-corrected chi connectivity index (χ2v) is 6.37. The van der Waals surface area contributed by atoms with Crippen molar-refractivity contribution in [1.29, 1.82) is 0 Å². The molecule has 0 unspecified atom stereocenters. The molecule has 0 aromatic heterocycles. The highest BCUT2D eigenvalue weighted by atomic mass is 32.1. The molecule has 1 saturated carbocycles. The molecule has 0 bridgehead atoms. The van der Waals surface area contributed by atoms with Crippen molar-refractivity contribution in [1.82, 2.24) is 15.5 Å². The van der Waals surface area contributed by atoms with Gasteiger partial charge in [-0.15, -0.1) is 0 Å². The molecule has 2 atom stereocenters. The van der Waals surface area contributed by atoms with Gasteiger partial charge in [0.2, 0.25) is 0 Å². The van der Waals surface area contributed by atoms with E-state index in [9.17, 15) is 0 Å². The Morgan fingerprint density at radius 1 is 1.15 bits per heavy atom. The molecule has 2 fully saturated rings. The number of thiocarbonyl (C=S) groups is 1. The summed E-state index contributed by atoms with van der Waals surface area (Å²) in [6.45, 7) is 4.50. The average Bonchev–Trinajstić information content (AvgIpc) is 3.15. The third-order valence-corrected chi connectivity index (χ3v) is 4.53. The van der Waals surface area contributed by atoms with Crippen molar-refractivity contribution in [3.63, 3.8) is 0 Å². The van der Waals surface area contributed by atoms with Gasteiger partial charge in [-0.05, 0) is 44.0 Å². The van der Waals surface area contributed by atoms with Gasteiger partial charge in [-0.3, -0.25) is 4.90 Å². The summed E-state index contributed by atoms with van der Waals surface area (Å²) >= 11 is 5.36. The van der Waals surface area contributed by atoms with E-state index >= 15 is 0 Å². The molecule has 1 saturated heterocycles. The number of hydrogen-bond donors (Lipinski definition) is 2. The highest BCUT2D eigenvalue weighted by Gasteiger charge is 2.28. The predicted molar refractivity (Wildman–Crippen MR) is 86.7 cm³/mol. The van der Waals surface area contributed by atoms with Crippen LogP contribution in [0.3, 0.4) is 0 Å². The van der Waals surface area contributed by atoms with E-state index in [0.29, 0.717) is 18.1 Å². The van der Waals surface area contributed by atoms with Gasteiger partial charge < -0.3 is 10.6 Å². The van der Waals surface area contributed by atoms with Gasteiger partial charge in [0.15, 0.2) is 5.11 Å². The zero-order valence-electron chi connectivity index (χ0n) is 12.0. The van der Waals surface area contributed by atoms with Crippen molar-refractivity contribution in [3.05, 3.63) is 35.9 Å². The van der Waals surface area contributed by atoms with Crippen LogP contribution in [0.2, 0.25) is 0 Å². The molecule has 2 N–H and O–H groups in total. The molecule has 4 heteroatoms. The lowest BCUT2D eigenvalue weighted by Crippen LogP contribution is -2.44. The Labute approximate surface area is 126 Å². The summed E-state index contributed by atoms with van der Waals surface area (Å²) in [6.07, 6.45) is 3.71. The van der Waals surface area contributed by atoms with Crippen LogP contribution in [0.4, 0.5) is 0 Å². The van der Waals surface area contributed by atoms with Crippen LogP contribution in [-0.2, 0) is 0 Å². The molecule has 20 heavy (non-hydrogen) atoms. The lowest BCUT2D eigenvalue weighted by atomic mass is 10.1. The number of rotatable bonds is 4. The van der Waals surface area contributed by atoms with Crippen LogP contribution in [0.1, 0.15) is 37.8 Å². The van der Waals surface area contributed by atoms with Crippen molar-refractivity contribution in [2.75, 3.05) is 13.1 Å². The summed E-state index contributed by atoms with van der Waals surface area (Å²) in [5.41, 5.74) is 1.40. The van der Waals surface area contributed by atoms with E-state index in [1.54, 1.807) is 0 Å². The predicted octanol–water partition coefficient (Wildman–Crippen LogP) is 2.45. The Kier molecular flexibility index (Phi) is 4.22. The highest BCUT2D eigenvalue weighted by molar-refractivity contribution is 7.80. The summed E-state index contributed by atoms with van der Waals surface area (Å²) in [5.74, 6) is 0. The first-order valence-electron chi connectivity index (χ1n) is 7.58. The van der Waals surface area contributed by atoms with Gasteiger partial charge in [0, 0.05) is 31.2 Å². The normalized spacial score (nSPS) is 24.4. The summed E-state index contributed by atoms with van der Waals surface area (Å²) in [5, 5.41) is 7.66. The average molecular weight is 289 g/mol. The first-order chi connectivity index (χ1) is 9.72. The maximum absolute atomic E-state index is 5.36. The fourth-order valence-corrected chi connectivity index (χ4v) is 3.17. The van der Waals surface area contributed by atoms with Gasteiger partial charge in [0.1, 0.15) is 0 Å². The Hall–Kier alpha value is -1.13. The highest BCUT2D eigenvalue weighted by Crippen LogP contribution is 2.24. The summed E-state index contributed by atoms with van der Waals surface area (Å²) < 4.78 is 0. The zero-order valence-corrected chi connectivity index (χ0v) is 12.8. The molecule has 1 aromatic rings. The molecule has 0 amide bonds. The SMILES string of the molecule is C[C@H](c1ccccc1)N1CC[C@@H](NC(=S)NC2CC2)C1. The van der Waals surface area contributed by atoms with E-state index < -0.39 is 0 Å². The topological polar surface area (TPSA) is 27.3 Å². The Morgan fingerprint density at radius 3 is 2.55 bits per heavy atom. The third-order valence-electron chi connectivity index (χ3n) is 4.30. The maximum Gasteiger partial charge on any atom is 0.166 e. The van der Waals surface area contributed by atoms with Gasteiger partial charge in [-0.25, -0.2) is 0 Å². The molecule has 3 rings (SSSR count). The maximum atomic E-state index is 5.36. The number of hydrogen-bond acceptors (Lipinski definition) is 2. The minimum Gasteiger partial charge on any atom is -0.360 e. The monoisotopic (exact) mass is 289 g/mol. The van der Waals surface area contributed by atoms with Crippen LogP contribution in [0.15, 0.2) is 30.3 Å². The molecule has 1 aliphatic heterocycles. The molecule has 1 heterocycles. The van der Waals surface area contributed by atoms with Gasteiger partial charge in [-0.1, -0.05) is 30.3 Å². The second-order valence-electron chi connectivity index (χ2n) is 5.96. The molecule has 1 aromatic carbocycles. The summed E-state index contributed by atoms with van der Waals surface area (Å²) in [7, 11) is 0. The molecule has 1 aliphatic carbocycles. The molecule has 2 aliphatic rings. The van der Waals surface area contributed by atoms with Crippen LogP contribution in [0, 0.1) is 0 Å². The Morgan fingerprint density at radius 2 is 1.85 bits per heavy atom.